The maximum absolute atomic E-state index is 2.41. The van der Waals surface area contributed by atoms with Crippen molar-refractivity contribution in [2.45, 2.75) is 33.1 Å². The molecule has 50 valence electrons. The highest BCUT2D eigenvalue weighted by Gasteiger charge is 2.44. The van der Waals surface area contributed by atoms with Gasteiger partial charge in [-0.2, -0.15) is 0 Å². The van der Waals surface area contributed by atoms with Crippen LogP contribution in [0.3, 0.4) is 0 Å². The van der Waals surface area contributed by atoms with Gasteiger partial charge in [0.1, 0.15) is 0 Å². The summed E-state index contributed by atoms with van der Waals surface area (Å²) in [5.74, 6) is 0. The maximum Gasteiger partial charge on any atom is -0.0138 e. The second-order valence-electron chi connectivity index (χ2n) is 4.32. The summed E-state index contributed by atoms with van der Waals surface area (Å²) in [6, 6.07) is 0. The van der Waals surface area contributed by atoms with E-state index in [1.165, 1.54) is 19.3 Å². The monoisotopic (exact) mass is 122 g/mol. The van der Waals surface area contributed by atoms with Crippen molar-refractivity contribution in [1.29, 1.82) is 0 Å². The van der Waals surface area contributed by atoms with Crippen molar-refractivity contribution in [3.8, 4) is 0 Å². The summed E-state index contributed by atoms with van der Waals surface area (Å²) >= 11 is 0. The molecule has 2 unspecified atom stereocenters. The first-order valence-corrected chi connectivity index (χ1v) is 3.82. The second-order valence-corrected chi connectivity index (χ2v) is 4.32. The van der Waals surface area contributed by atoms with E-state index in [1.807, 2.05) is 0 Å². The van der Waals surface area contributed by atoms with Gasteiger partial charge in [-0.3, -0.25) is 0 Å². The van der Waals surface area contributed by atoms with Crippen molar-refractivity contribution >= 4 is 0 Å². The van der Waals surface area contributed by atoms with Crippen LogP contribution in [0.5, 0.6) is 0 Å². The zero-order chi connectivity index (χ0) is 6.54. The average molecular weight is 122 g/mol. The zero-order valence-electron chi connectivity index (χ0n) is 6.28. The van der Waals surface area contributed by atoms with E-state index in [-0.39, 0.29) is 0 Å². The van der Waals surface area contributed by atoms with Gasteiger partial charge in [-0.05, 0) is 30.1 Å². The highest BCUT2D eigenvalue weighted by molar-refractivity contribution is 5.19. The molecule has 0 aromatic carbocycles. The molecule has 0 aliphatic heterocycles. The van der Waals surface area contributed by atoms with E-state index >= 15 is 0 Å². The molecule has 0 radical (unpaired) electrons. The van der Waals surface area contributed by atoms with Gasteiger partial charge >= 0.3 is 0 Å². The predicted molar refractivity (Wildman–Crippen MR) is 39.2 cm³/mol. The molecule has 2 bridgehead atoms. The van der Waals surface area contributed by atoms with Gasteiger partial charge in [0.2, 0.25) is 0 Å². The van der Waals surface area contributed by atoms with Crippen LogP contribution in [0.15, 0.2) is 12.2 Å². The summed E-state index contributed by atoms with van der Waals surface area (Å²) in [6.07, 6.45) is 9.06. The molecular weight excluding hydrogens is 108 g/mol. The van der Waals surface area contributed by atoms with Gasteiger partial charge in [-0.25, -0.2) is 0 Å². The smallest absolute Gasteiger partial charge is 0.0138 e. The minimum absolute atomic E-state index is 0.592. The molecule has 0 aromatic rings. The third-order valence-corrected chi connectivity index (χ3v) is 2.96. The van der Waals surface area contributed by atoms with Crippen LogP contribution in [0.4, 0.5) is 0 Å². The molecule has 0 amide bonds. The van der Waals surface area contributed by atoms with Crippen molar-refractivity contribution in [2.24, 2.45) is 10.8 Å². The lowest BCUT2D eigenvalue weighted by Gasteiger charge is -2.14. The Morgan fingerprint density at radius 3 is 1.56 bits per heavy atom. The highest BCUT2D eigenvalue weighted by Crippen LogP contribution is 2.56. The Morgan fingerprint density at radius 1 is 1.00 bits per heavy atom. The average Bonchev–Trinajstić information content (AvgIpc) is 2.19. The summed E-state index contributed by atoms with van der Waals surface area (Å²) in [7, 11) is 0. The molecule has 2 rings (SSSR count). The lowest BCUT2D eigenvalue weighted by molar-refractivity contribution is 0.413. The Balaban J connectivity index is 2.37. The van der Waals surface area contributed by atoms with E-state index in [0.717, 1.165) is 0 Å². The number of allylic oxidation sites excluding steroid dienone is 2. The van der Waals surface area contributed by atoms with Gasteiger partial charge in [0.25, 0.3) is 0 Å². The fourth-order valence-corrected chi connectivity index (χ4v) is 2.36. The summed E-state index contributed by atoms with van der Waals surface area (Å²) in [5.41, 5.74) is 1.18. The van der Waals surface area contributed by atoms with Crippen molar-refractivity contribution in [1.82, 2.24) is 0 Å². The van der Waals surface area contributed by atoms with E-state index in [0.29, 0.717) is 10.8 Å². The van der Waals surface area contributed by atoms with Crippen LogP contribution in [0.2, 0.25) is 0 Å². The standard InChI is InChI=1S/C9H14/c1-8-3-5-9(2,7-8)6-4-8/h3,5H,4,6-7H2,1-2H3. The van der Waals surface area contributed by atoms with Crippen LogP contribution in [-0.2, 0) is 0 Å². The van der Waals surface area contributed by atoms with E-state index < -0.39 is 0 Å². The molecule has 0 saturated heterocycles. The molecule has 2 aliphatic carbocycles. The van der Waals surface area contributed by atoms with Gasteiger partial charge in [0.05, 0.1) is 0 Å². The molecule has 2 atom stereocenters. The molecule has 0 nitrogen and oxygen atoms in total. The molecular formula is C9H14. The van der Waals surface area contributed by atoms with Crippen molar-refractivity contribution in [3.05, 3.63) is 12.2 Å². The van der Waals surface area contributed by atoms with Gasteiger partial charge in [-0.15, -0.1) is 0 Å². The van der Waals surface area contributed by atoms with Gasteiger partial charge < -0.3 is 0 Å². The molecule has 0 N–H and O–H groups in total. The second kappa shape index (κ2) is 1.25. The molecule has 2 aliphatic rings. The fourth-order valence-electron chi connectivity index (χ4n) is 2.36. The Bertz CT molecular complexity index is 151. The van der Waals surface area contributed by atoms with Crippen LogP contribution < -0.4 is 0 Å². The number of hydrogen-bond donors (Lipinski definition) is 0. The number of fused-ring (bicyclic) bond motifs is 2. The Kier molecular flexibility index (Phi) is 0.769. The fraction of sp³-hybridized carbons (Fsp3) is 0.778. The molecule has 0 heteroatoms. The zero-order valence-corrected chi connectivity index (χ0v) is 6.28. The maximum atomic E-state index is 2.41. The Labute approximate surface area is 57.0 Å². The van der Waals surface area contributed by atoms with Crippen molar-refractivity contribution in [2.75, 3.05) is 0 Å². The van der Waals surface area contributed by atoms with Gasteiger partial charge in [0, 0.05) is 0 Å². The molecule has 0 heterocycles. The van der Waals surface area contributed by atoms with E-state index in [2.05, 4.69) is 26.0 Å². The molecule has 0 spiro atoms. The summed E-state index contributed by atoms with van der Waals surface area (Å²) < 4.78 is 0. The number of rotatable bonds is 0. The van der Waals surface area contributed by atoms with Gasteiger partial charge in [-0.1, -0.05) is 26.0 Å². The largest absolute Gasteiger partial charge is 0.0820 e. The summed E-state index contributed by atoms with van der Waals surface area (Å²) in [6.45, 7) is 4.75. The summed E-state index contributed by atoms with van der Waals surface area (Å²) in [4.78, 5) is 0. The van der Waals surface area contributed by atoms with Crippen LogP contribution in [-0.4, -0.2) is 0 Å². The molecule has 1 fully saturated rings. The lowest BCUT2D eigenvalue weighted by atomic mass is 9.91. The summed E-state index contributed by atoms with van der Waals surface area (Å²) in [5, 5.41) is 0. The topological polar surface area (TPSA) is 0 Å². The normalized spacial score (nSPS) is 54.9. The highest BCUT2D eigenvalue weighted by atomic mass is 14.5. The van der Waals surface area contributed by atoms with E-state index in [1.54, 1.807) is 0 Å². The minimum Gasteiger partial charge on any atom is -0.0820 e. The minimum atomic E-state index is 0.592. The molecule has 1 saturated carbocycles. The van der Waals surface area contributed by atoms with Gasteiger partial charge in [0.15, 0.2) is 0 Å². The lowest BCUT2D eigenvalue weighted by Crippen LogP contribution is -2.03. The predicted octanol–water partition coefficient (Wildman–Crippen LogP) is 2.75. The third kappa shape index (κ3) is 0.654. The van der Waals surface area contributed by atoms with Crippen molar-refractivity contribution < 1.29 is 0 Å². The first-order valence-electron chi connectivity index (χ1n) is 3.82. The molecule has 0 aromatic heterocycles. The van der Waals surface area contributed by atoms with Crippen LogP contribution in [0, 0.1) is 10.8 Å². The first kappa shape index (κ1) is 5.52. The quantitative estimate of drug-likeness (QED) is 0.433. The van der Waals surface area contributed by atoms with Crippen LogP contribution >= 0.6 is 0 Å². The van der Waals surface area contributed by atoms with Crippen molar-refractivity contribution in [3.63, 3.8) is 0 Å². The van der Waals surface area contributed by atoms with E-state index in [9.17, 15) is 0 Å². The third-order valence-electron chi connectivity index (χ3n) is 2.96. The first-order chi connectivity index (χ1) is 4.12. The van der Waals surface area contributed by atoms with Crippen LogP contribution in [0.1, 0.15) is 33.1 Å². The number of hydrogen-bond acceptors (Lipinski definition) is 0. The Morgan fingerprint density at radius 2 is 1.44 bits per heavy atom. The van der Waals surface area contributed by atoms with Crippen LogP contribution in [0.25, 0.3) is 0 Å². The molecule has 9 heavy (non-hydrogen) atoms. The SMILES string of the molecule is CC12C=CC(C)(CC1)C2. The Hall–Kier alpha value is -0.260. The van der Waals surface area contributed by atoms with E-state index in [4.69, 9.17) is 0 Å².